The second-order valence-corrected chi connectivity index (χ2v) is 7.09. The van der Waals surface area contributed by atoms with Gasteiger partial charge in [-0.25, -0.2) is 0 Å². The van der Waals surface area contributed by atoms with Gasteiger partial charge in [-0.1, -0.05) is 33.6 Å². The number of nitrogens with two attached hydrogens (primary N) is 1. The minimum atomic E-state index is 0.355. The zero-order chi connectivity index (χ0) is 10.6. The van der Waals surface area contributed by atoms with Gasteiger partial charge in [0.2, 0.25) is 0 Å². The normalized spacial score (nSPS) is 21.4. The lowest BCUT2D eigenvalue weighted by Crippen LogP contribution is -2.42. The van der Waals surface area contributed by atoms with Crippen molar-refractivity contribution < 1.29 is 0 Å². The molecule has 1 fully saturated rings. The summed E-state index contributed by atoms with van der Waals surface area (Å²) in [7, 11) is 0. The number of rotatable bonds is 4. The van der Waals surface area contributed by atoms with Crippen molar-refractivity contribution in [3.8, 4) is 0 Å². The first-order valence-corrected chi connectivity index (χ1v) is 6.61. The van der Waals surface area contributed by atoms with Crippen LogP contribution in [0.4, 0.5) is 0 Å². The van der Waals surface area contributed by atoms with Gasteiger partial charge in [0.05, 0.1) is 0 Å². The Bertz CT molecular complexity index is 159. The number of thioether (sulfide) groups is 1. The lowest BCUT2D eigenvalue weighted by Gasteiger charge is -2.26. The van der Waals surface area contributed by atoms with Gasteiger partial charge < -0.3 is 0 Å². The van der Waals surface area contributed by atoms with Crippen molar-refractivity contribution in [1.82, 2.24) is 5.43 Å². The summed E-state index contributed by atoms with van der Waals surface area (Å²) in [5.41, 5.74) is 3.00. The Morgan fingerprint density at radius 1 is 1.36 bits per heavy atom. The first kappa shape index (κ1) is 12.3. The highest BCUT2D eigenvalue weighted by molar-refractivity contribution is 8.00. The van der Waals surface area contributed by atoms with E-state index in [-0.39, 0.29) is 0 Å². The molecule has 0 amide bonds. The van der Waals surface area contributed by atoms with Crippen molar-refractivity contribution in [2.75, 3.05) is 5.75 Å². The summed E-state index contributed by atoms with van der Waals surface area (Å²) in [6, 6.07) is 0.515. The van der Waals surface area contributed by atoms with Gasteiger partial charge in [0.15, 0.2) is 0 Å². The quantitative estimate of drug-likeness (QED) is 0.560. The number of hydrogen-bond acceptors (Lipinski definition) is 3. The van der Waals surface area contributed by atoms with Gasteiger partial charge in [0.1, 0.15) is 0 Å². The highest BCUT2D eigenvalue weighted by atomic mass is 32.2. The van der Waals surface area contributed by atoms with Crippen LogP contribution in [-0.2, 0) is 0 Å². The molecule has 1 aliphatic rings. The predicted octanol–water partition coefficient (Wildman–Crippen LogP) is 2.54. The van der Waals surface area contributed by atoms with E-state index in [4.69, 9.17) is 5.84 Å². The van der Waals surface area contributed by atoms with E-state index in [0.29, 0.717) is 10.8 Å². The van der Waals surface area contributed by atoms with E-state index in [0.717, 1.165) is 11.7 Å². The van der Waals surface area contributed by atoms with E-state index in [9.17, 15) is 0 Å². The fourth-order valence-electron chi connectivity index (χ4n) is 2.02. The van der Waals surface area contributed by atoms with E-state index in [2.05, 4.69) is 26.2 Å². The Balaban J connectivity index is 2.31. The minimum absolute atomic E-state index is 0.355. The summed E-state index contributed by atoms with van der Waals surface area (Å²) < 4.78 is 0.355. The molecule has 0 aromatic carbocycles. The second kappa shape index (κ2) is 5.38. The molecule has 1 saturated carbocycles. The molecule has 0 aromatic rings. The maximum Gasteiger partial charge on any atom is 0.0329 e. The first-order valence-electron chi connectivity index (χ1n) is 5.63. The SMILES string of the molecule is CC(C)(C)SCC(NN)C1CCCC1. The summed E-state index contributed by atoms with van der Waals surface area (Å²) in [4.78, 5) is 0. The van der Waals surface area contributed by atoms with Crippen LogP contribution < -0.4 is 11.3 Å². The van der Waals surface area contributed by atoms with E-state index in [1.165, 1.54) is 25.7 Å². The number of hydrazine groups is 1. The predicted molar refractivity (Wildman–Crippen MR) is 65.3 cm³/mol. The lowest BCUT2D eigenvalue weighted by atomic mass is 10.0. The van der Waals surface area contributed by atoms with Crippen molar-refractivity contribution in [1.29, 1.82) is 0 Å². The summed E-state index contributed by atoms with van der Waals surface area (Å²) in [5.74, 6) is 7.58. The molecular formula is C11H24N2S. The van der Waals surface area contributed by atoms with Crippen LogP contribution in [0.1, 0.15) is 46.5 Å². The zero-order valence-electron chi connectivity index (χ0n) is 9.68. The average molecular weight is 216 g/mol. The highest BCUT2D eigenvalue weighted by Gasteiger charge is 2.25. The van der Waals surface area contributed by atoms with Crippen molar-refractivity contribution >= 4 is 11.8 Å². The molecule has 0 saturated heterocycles. The van der Waals surface area contributed by atoms with Gasteiger partial charge in [0, 0.05) is 16.5 Å². The second-order valence-electron chi connectivity index (χ2n) is 5.24. The Morgan fingerprint density at radius 2 is 1.93 bits per heavy atom. The van der Waals surface area contributed by atoms with Crippen molar-refractivity contribution in [2.45, 2.75) is 57.2 Å². The Kier molecular flexibility index (Phi) is 4.74. The summed E-state index contributed by atoms with van der Waals surface area (Å²) in [6.07, 6.45) is 5.51. The Labute approximate surface area is 92.4 Å². The summed E-state index contributed by atoms with van der Waals surface area (Å²) >= 11 is 2.01. The molecule has 2 nitrogen and oxygen atoms in total. The molecule has 1 aliphatic carbocycles. The zero-order valence-corrected chi connectivity index (χ0v) is 10.5. The van der Waals surface area contributed by atoms with Crippen molar-refractivity contribution in [3.05, 3.63) is 0 Å². The molecule has 14 heavy (non-hydrogen) atoms. The monoisotopic (exact) mass is 216 g/mol. The number of hydrogen-bond donors (Lipinski definition) is 2. The Morgan fingerprint density at radius 3 is 2.36 bits per heavy atom. The van der Waals surface area contributed by atoms with Crippen molar-refractivity contribution in [2.24, 2.45) is 11.8 Å². The molecule has 0 radical (unpaired) electrons. The standard InChI is InChI=1S/C11H24N2S/c1-11(2,3)14-8-10(13-12)9-6-4-5-7-9/h9-10,13H,4-8,12H2,1-3H3. The fraction of sp³-hybridized carbons (Fsp3) is 1.00. The topological polar surface area (TPSA) is 38.0 Å². The molecule has 0 bridgehead atoms. The van der Waals surface area contributed by atoms with Gasteiger partial charge in [0.25, 0.3) is 0 Å². The molecular weight excluding hydrogens is 192 g/mol. The molecule has 0 spiro atoms. The highest BCUT2D eigenvalue weighted by Crippen LogP contribution is 2.31. The smallest absolute Gasteiger partial charge is 0.0329 e. The van der Waals surface area contributed by atoms with Crippen LogP contribution in [0.15, 0.2) is 0 Å². The Hall–Kier alpha value is 0.270. The molecule has 1 atom stereocenters. The molecule has 0 heterocycles. The maximum atomic E-state index is 5.62. The third-order valence-electron chi connectivity index (χ3n) is 2.88. The van der Waals surface area contributed by atoms with Crippen LogP contribution in [-0.4, -0.2) is 16.5 Å². The summed E-state index contributed by atoms with van der Waals surface area (Å²) in [6.45, 7) is 6.79. The third-order valence-corrected chi connectivity index (χ3v) is 4.27. The molecule has 0 aromatic heterocycles. The molecule has 0 aliphatic heterocycles. The van der Waals surface area contributed by atoms with E-state index in [1.807, 2.05) is 11.8 Å². The van der Waals surface area contributed by atoms with Crippen LogP contribution >= 0.6 is 11.8 Å². The van der Waals surface area contributed by atoms with Crippen LogP contribution in [0, 0.1) is 5.92 Å². The van der Waals surface area contributed by atoms with E-state index < -0.39 is 0 Å². The van der Waals surface area contributed by atoms with Gasteiger partial charge >= 0.3 is 0 Å². The average Bonchev–Trinajstić information content (AvgIpc) is 2.56. The molecule has 1 unspecified atom stereocenters. The largest absolute Gasteiger partial charge is 0.271 e. The van der Waals surface area contributed by atoms with Crippen LogP contribution in [0.25, 0.3) is 0 Å². The molecule has 84 valence electrons. The molecule has 3 N–H and O–H groups in total. The number of nitrogens with one attached hydrogen (secondary N) is 1. The first-order chi connectivity index (χ1) is 6.53. The van der Waals surface area contributed by atoms with Gasteiger partial charge in [-0.2, -0.15) is 11.8 Å². The van der Waals surface area contributed by atoms with E-state index in [1.54, 1.807) is 0 Å². The van der Waals surface area contributed by atoms with Crippen LogP contribution in [0.3, 0.4) is 0 Å². The third kappa shape index (κ3) is 4.20. The van der Waals surface area contributed by atoms with Crippen LogP contribution in [0.2, 0.25) is 0 Å². The lowest BCUT2D eigenvalue weighted by molar-refractivity contribution is 0.393. The van der Waals surface area contributed by atoms with E-state index >= 15 is 0 Å². The summed E-state index contributed by atoms with van der Waals surface area (Å²) in [5, 5.41) is 0. The molecule has 1 rings (SSSR count). The molecule has 3 heteroatoms. The fourth-order valence-corrected chi connectivity index (χ4v) is 3.07. The van der Waals surface area contributed by atoms with Gasteiger partial charge in [-0.15, -0.1) is 0 Å². The van der Waals surface area contributed by atoms with Crippen LogP contribution in [0.5, 0.6) is 0 Å². The van der Waals surface area contributed by atoms with Gasteiger partial charge in [-0.05, 0) is 18.8 Å². The van der Waals surface area contributed by atoms with Gasteiger partial charge in [-0.3, -0.25) is 11.3 Å². The van der Waals surface area contributed by atoms with Crippen molar-refractivity contribution in [3.63, 3.8) is 0 Å². The minimum Gasteiger partial charge on any atom is -0.271 e. The maximum absolute atomic E-state index is 5.62.